The number of benzene rings is 2. The largest absolute Gasteiger partial charge is 0.481 e. The van der Waals surface area contributed by atoms with Gasteiger partial charge in [-0.15, -0.1) is 0 Å². The molecule has 5 heteroatoms. The van der Waals surface area contributed by atoms with Crippen LogP contribution in [0.5, 0.6) is 5.75 Å². The van der Waals surface area contributed by atoms with Crippen molar-refractivity contribution in [1.82, 2.24) is 4.90 Å². The number of anilines is 1. The van der Waals surface area contributed by atoms with Crippen molar-refractivity contribution < 1.29 is 13.9 Å². The topological polar surface area (TPSA) is 32.8 Å². The van der Waals surface area contributed by atoms with Crippen molar-refractivity contribution in [3.8, 4) is 5.75 Å². The van der Waals surface area contributed by atoms with Gasteiger partial charge in [-0.1, -0.05) is 18.2 Å². The van der Waals surface area contributed by atoms with Gasteiger partial charge in [-0.2, -0.15) is 0 Å². The summed E-state index contributed by atoms with van der Waals surface area (Å²) in [7, 11) is 0. The van der Waals surface area contributed by atoms with E-state index in [1.54, 1.807) is 6.92 Å². The van der Waals surface area contributed by atoms with E-state index in [0.717, 1.165) is 13.1 Å². The minimum Gasteiger partial charge on any atom is -0.481 e. The summed E-state index contributed by atoms with van der Waals surface area (Å²) in [6.45, 7) is 4.68. The molecule has 4 nitrogen and oxygen atoms in total. The van der Waals surface area contributed by atoms with Gasteiger partial charge in [-0.3, -0.25) is 4.79 Å². The molecule has 1 fully saturated rings. The number of amides is 1. The molecule has 126 valence electrons. The molecule has 24 heavy (non-hydrogen) atoms. The Morgan fingerprint density at radius 2 is 1.62 bits per heavy atom. The molecule has 2 aromatic rings. The van der Waals surface area contributed by atoms with Crippen LogP contribution >= 0.6 is 0 Å². The first-order chi connectivity index (χ1) is 11.6. The molecule has 0 spiro atoms. The molecule has 1 aliphatic rings. The number of halogens is 1. The van der Waals surface area contributed by atoms with Gasteiger partial charge in [0.15, 0.2) is 6.10 Å². The third-order valence-electron chi connectivity index (χ3n) is 4.19. The van der Waals surface area contributed by atoms with E-state index in [-0.39, 0.29) is 11.7 Å². The van der Waals surface area contributed by atoms with E-state index >= 15 is 0 Å². The molecule has 1 aliphatic heterocycles. The molecule has 0 N–H and O–H groups in total. The first-order valence-electron chi connectivity index (χ1n) is 8.14. The van der Waals surface area contributed by atoms with Crippen molar-refractivity contribution in [2.45, 2.75) is 13.0 Å². The Morgan fingerprint density at radius 1 is 1.00 bits per heavy atom. The standard InChI is InChI=1S/C19H21FN2O2/c1-15(24-18-9-7-16(20)8-10-18)19(23)22-13-11-21(12-14-22)17-5-3-2-4-6-17/h2-10,15H,11-14H2,1H3/t15-/m1/s1. The monoisotopic (exact) mass is 328 g/mol. The predicted octanol–water partition coefficient (Wildman–Crippen LogP) is 2.94. The first kappa shape index (κ1) is 16.3. The Kier molecular flexibility index (Phi) is 4.99. The summed E-state index contributed by atoms with van der Waals surface area (Å²) >= 11 is 0. The number of carbonyl (C=O) groups is 1. The second kappa shape index (κ2) is 7.34. The molecule has 1 heterocycles. The van der Waals surface area contributed by atoms with Crippen LogP contribution in [0.3, 0.4) is 0 Å². The molecule has 2 aromatic carbocycles. The third kappa shape index (κ3) is 3.85. The highest BCUT2D eigenvalue weighted by molar-refractivity contribution is 5.81. The van der Waals surface area contributed by atoms with Gasteiger partial charge in [0.2, 0.25) is 0 Å². The molecule has 1 amide bonds. The number of carbonyl (C=O) groups excluding carboxylic acids is 1. The maximum atomic E-state index is 12.9. The third-order valence-corrected chi connectivity index (χ3v) is 4.19. The van der Waals surface area contributed by atoms with Gasteiger partial charge in [0, 0.05) is 31.9 Å². The summed E-state index contributed by atoms with van der Waals surface area (Å²) < 4.78 is 18.5. The molecule has 0 bridgehead atoms. The Labute approximate surface area is 141 Å². The smallest absolute Gasteiger partial charge is 0.263 e. The van der Waals surface area contributed by atoms with E-state index in [9.17, 15) is 9.18 Å². The number of hydrogen-bond acceptors (Lipinski definition) is 3. The van der Waals surface area contributed by atoms with Gasteiger partial charge in [0.1, 0.15) is 11.6 Å². The van der Waals surface area contributed by atoms with Crippen molar-refractivity contribution in [2.24, 2.45) is 0 Å². The second-order valence-electron chi connectivity index (χ2n) is 5.86. The number of nitrogens with zero attached hydrogens (tertiary/aromatic N) is 2. The van der Waals surface area contributed by atoms with Crippen molar-refractivity contribution in [2.75, 3.05) is 31.1 Å². The van der Waals surface area contributed by atoms with E-state index in [4.69, 9.17) is 4.74 Å². The van der Waals surface area contributed by atoms with Crippen LogP contribution in [-0.2, 0) is 4.79 Å². The van der Waals surface area contributed by atoms with Crippen molar-refractivity contribution in [1.29, 1.82) is 0 Å². The van der Waals surface area contributed by atoms with Crippen LogP contribution in [0.25, 0.3) is 0 Å². The average molecular weight is 328 g/mol. The maximum Gasteiger partial charge on any atom is 0.263 e. The fraction of sp³-hybridized carbons (Fsp3) is 0.316. The number of rotatable bonds is 4. The SMILES string of the molecule is C[C@@H](Oc1ccc(F)cc1)C(=O)N1CCN(c2ccccc2)CC1. The van der Waals surface area contributed by atoms with E-state index in [1.165, 1.54) is 30.0 Å². The lowest BCUT2D eigenvalue weighted by Crippen LogP contribution is -2.52. The highest BCUT2D eigenvalue weighted by Crippen LogP contribution is 2.17. The van der Waals surface area contributed by atoms with Gasteiger partial charge in [0.05, 0.1) is 0 Å². The molecule has 0 radical (unpaired) electrons. The molecule has 3 rings (SSSR count). The van der Waals surface area contributed by atoms with Crippen molar-refractivity contribution >= 4 is 11.6 Å². The second-order valence-corrected chi connectivity index (χ2v) is 5.86. The Balaban J connectivity index is 1.53. The quantitative estimate of drug-likeness (QED) is 0.865. The fourth-order valence-electron chi connectivity index (χ4n) is 2.85. The van der Waals surface area contributed by atoms with Crippen LogP contribution in [0.15, 0.2) is 54.6 Å². The number of piperazine rings is 1. The average Bonchev–Trinajstić information content (AvgIpc) is 2.64. The normalized spacial score (nSPS) is 15.9. The molecule has 1 saturated heterocycles. The van der Waals surface area contributed by atoms with Gasteiger partial charge >= 0.3 is 0 Å². The molecule has 0 saturated carbocycles. The van der Waals surface area contributed by atoms with Crippen LogP contribution < -0.4 is 9.64 Å². The summed E-state index contributed by atoms with van der Waals surface area (Å²) in [6, 6.07) is 15.9. The van der Waals surface area contributed by atoms with Crippen LogP contribution in [0.1, 0.15) is 6.92 Å². The molecular formula is C19H21FN2O2. The number of ether oxygens (including phenoxy) is 1. The summed E-state index contributed by atoms with van der Waals surface area (Å²) in [5.74, 6) is 0.144. The zero-order chi connectivity index (χ0) is 16.9. The number of para-hydroxylation sites is 1. The molecule has 0 aromatic heterocycles. The summed E-state index contributed by atoms with van der Waals surface area (Å²) in [5, 5.41) is 0. The van der Waals surface area contributed by atoms with Crippen LogP contribution in [0, 0.1) is 5.82 Å². The van der Waals surface area contributed by atoms with Crippen LogP contribution in [0.4, 0.5) is 10.1 Å². The van der Waals surface area contributed by atoms with Crippen molar-refractivity contribution in [3.05, 3.63) is 60.4 Å². The lowest BCUT2D eigenvalue weighted by Gasteiger charge is -2.37. The zero-order valence-electron chi connectivity index (χ0n) is 13.7. The zero-order valence-corrected chi connectivity index (χ0v) is 13.7. The van der Waals surface area contributed by atoms with Gasteiger partial charge in [-0.05, 0) is 43.3 Å². The van der Waals surface area contributed by atoms with Gasteiger partial charge < -0.3 is 14.5 Å². The highest BCUT2D eigenvalue weighted by Gasteiger charge is 2.26. The Bertz CT molecular complexity index is 668. The highest BCUT2D eigenvalue weighted by atomic mass is 19.1. The summed E-state index contributed by atoms with van der Waals surface area (Å²) in [6.07, 6.45) is -0.585. The lowest BCUT2D eigenvalue weighted by molar-refractivity contribution is -0.138. The molecular weight excluding hydrogens is 307 g/mol. The summed E-state index contributed by atoms with van der Waals surface area (Å²) in [4.78, 5) is 16.6. The summed E-state index contributed by atoms with van der Waals surface area (Å²) in [5.41, 5.74) is 1.18. The Morgan fingerprint density at radius 3 is 2.25 bits per heavy atom. The predicted molar refractivity (Wildman–Crippen MR) is 91.7 cm³/mol. The molecule has 0 aliphatic carbocycles. The van der Waals surface area contributed by atoms with E-state index in [2.05, 4.69) is 17.0 Å². The minimum atomic E-state index is -0.585. The minimum absolute atomic E-state index is 0.0352. The van der Waals surface area contributed by atoms with Crippen LogP contribution in [0.2, 0.25) is 0 Å². The van der Waals surface area contributed by atoms with Gasteiger partial charge in [0.25, 0.3) is 5.91 Å². The fourth-order valence-corrected chi connectivity index (χ4v) is 2.85. The van der Waals surface area contributed by atoms with E-state index in [1.807, 2.05) is 23.1 Å². The molecule has 0 unspecified atom stereocenters. The maximum absolute atomic E-state index is 12.9. The lowest BCUT2D eigenvalue weighted by atomic mass is 10.2. The van der Waals surface area contributed by atoms with E-state index < -0.39 is 6.10 Å². The molecule has 1 atom stereocenters. The Hall–Kier alpha value is -2.56. The number of hydrogen-bond donors (Lipinski definition) is 0. The van der Waals surface area contributed by atoms with Crippen LogP contribution in [-0.4, -0.2) is 43.1 Å². The first-order valence-corrected chi connectivity index (χ1v) is 8.14. The van der Waals surface area contributed by atoms with E-state index in [0.29, 0.717) is 18.8 Å². The van der Waals surface area contributed by atoms with Crippen molar-refractivity contribution in [3.63, 3.8) is 0 Å². The van der Waals surface area contributed by atoms with Gasteiger partial charge in [-0.25, -0.2) is 4.39 Å².